The lowest BCUT2D eigenvalue weighted by Gasteiger charge is -2.24. The van der Waals surface area contributed by atoms with Crippen molar-refractivity contribution < 1.29 is 19.4 Å². The molecule has 0 saturated carbocycles. The number of ether oxygens (including phenoxy) is 2. The minimum absolute atomic E-state index is 0.0795. The number of rotatable bonds is 9. The zero-order valence-electron chi connectivity index (χ0n) is 9.91. The van der Waals surface area contributed by atoms with Crippen LogP contribution in [0.4, 0.5) is 0 Å². The summed E-state index contributed by atoms with van der Waals surface area (Å²) in [5.41, 5.74) is -1.21. The summed E-state index contributed by atoms with van der Waals surface area (Å²) in [7, 11) is 1.47. The molecule has 0 aromatic heterocycles. The molecule has 0 aromatic rings. The van der Waals surface area contributed by atoms with Crippen LogP contribution >= 0.6 is 0 Å². The van der Waals surface area contributed by atoms with Gasteiger partial charge in [0.25, 0.3) is 0 Å². The van der Waals surface area contributed by atoms with Gasteiger partial charge in [-0.1, -0.05) is 26.2 Å². The van der Waals surface area contributed by atoms with Crippen molar-refractivity contribution in [1.29, 1.82) is 0 Å². The number of carboxylic acids is 1. The molecule has 90 valence electrons. The van der Waals surface area contributed by atoms with Crippen LogP contribution in [-0.4, -0.2) is 37.0 Å². The molecular weight excluding hydrogens is 196 g/mol. The van der Waals surface area contributed by atoms with Crippen LogP contribution in [0.25, 0.3) is 0 Å². The fraction of sp³-hybridized carbons (Fsp3) is 0.909. The van der Waals surface area contributed by atoms with Crippen LogP contribution in [0.3, 0.4) is 0 Å². The van der Waals surface area contributed by atoms with Gasteiger partial charge in [0.05, 0.1) is 6.61 Å². The number of carboxylic acid groups (broad SMARTS) is 1. The first-order valence-corrected chi connectivity index (χ1v) is 5.43. The number of carbonyl (C=O) groups is 1. The van der Waals surface area contributed by atoms with Gasteiger partial charge in [-0.25, -0.2) is 4.79 Å². The van der Waals surface area contributed by atoms with Gasteiger partial charge in [0.2, 0.25) is 0 Å². The summed E-state index contributed by atoms with van der Waals surface area (Å²) in [5.74, 6) is -0.972. The molecule has 0 bridgehead atoms. The maximum Gasteiger partial charge on any atom is 0.338 e. The SMILES string of the molecule is CCCCCCOC(C)(COC)C(=O)O. The Labute approximate surface area is 91.6 Å². The zero-order chi connectivity index (χ0) is 11.7. The van der Waals surface area contributed by atoms with Gasteiger partial charge in [0.1, 0.15) is 0 Å². The van der Waals surface area contributed by atoms with Gasteiger partial charge in [0.15, 0.2) is 5.60 Å². The third-order valence-electron chi connectivity index (χ3n) is 2.29. The Bertz CT molecular complexity index is 181. The maximum absolute atomic E-state index is 10.9. The van der Waals surface area contributed by atoms with Crippen molar-refractivity contribution in [3.8, 4) is 0 Å². The van der Waals surface area contributed by atoms with Gasteiger partial charge in [-0.3, -0.25) is 0 Å². The first-order chi connectivity index (χ1) is 7.06. The largest absolute Gasteiger partial charge is 0.479 e. The summed E-state index contributed by atoms with van der Waals surface area (Å²) in [5, 5.41) is 8.96. The van der Waals surface area contributed by atoms with Crippen molar-refractivity contribution in [3.05, 3.63) is 0 Å². The Morgan fingerprint density at radius 1 is 1.33 bits per heavy atom. The smallest absolute Gasteiger partial charge is 0.338 e. The standard InChI is InChI=1S/C11H22O4/c1-4-5-6-7-8-15-11(2,9-14-3)10(12)13/h4-9H2,1-3H3,(H,12,13). The lowest BCUT2D eigenvalue weighted by Crippen LogP contribution is -2.43. The summed E-state index contributed by atoms with van der Waals surface area (Å²) >= 11 is 0. The molecule has 0 heterocycles. The van der Waals surface area contributed by atoms with Crippen LogP contribution in [0.1, 0.15) is 39.5 Å². The normalized spacial score (nSPS) is 14.9. The average molecular weight is 218 g/mol. The second-order valence-electron chi connectivity index (χ2n) is 3.88. The van der Waals surface area contributed by atoms with E-state index in [-0.39, 0.29) is 6.61 Å². The summed E-state index contributed by atoms with van der Waals surface area (Å²) in [6, 6.07) is 0. The average Bonchev–Trinajstić information content (AvgIpc) is 2.18. The quantitative estimate of drug-likeness (QED) is 0.602. The van der Waals surface area contributed by atoms with E-state index in [1.54, 1.807) is 6.92 Å². The molecule has 0 amide bonds. The van der Waals surface area contributed by atoms with Crippen LogP contribution < -0.4 is 0 Å². The van der Waals surface area contributed by atoms with Crippen molar-refractivity contribution in [2.45, 2.75) is 45.1 Å². The van der Waals surface area contributed by atoms with E-state index in [4.69, 9.17) is 14.6 Å². The van der Waals surface area contributed by atoms with Crippen LogP contribution in [-0.2, 0) is 14.3 Å². The lowest BCUT2D eigenvalue weighted by molar-refractivity contribution is -0.170. The van der Waals surface area contributed by atoms with Gasteiger partial charge in [0, 0.05) is 13.7 Å². The van der Waals surface area contributed by atoms with Crippen LogP contribution in [0, 0.1) is 0 Å². The van der Waals surface area contributed by atoms with Crippen LogP contribution in [0.5, 0.6) is 0 Å². The number of methoxy groups -OCH3 is 1. The highest BCUT2D eigenvalue weighted by molar-refractivity contribution is 5.77. The monoisotopic (exact) mass is 218 g/mol. The van der Waals surface area contributed by atoms with Gasteiger partial charge >= 0.3 is 5.97 Å². The predicted molar refractivity (Wildman–Crippen MR) is 58.0 cm³/mol. The Balaban J connectivity index is 3.81. The molecule has 4 heteroatoms. The van der Waals surface area contributed by atoms with Crippen molar-refractivity contribution in [2.24, 2.45) is 0 Å². The summed E-state index contributed by atoms with van der Waals surface area (Å²) < 4.78 is 10.2. The minimum Gasteiger partial charge on any atom is -0.479 e. The number of hydrogen-bond donors (Lipinski definition) is 1. The highest BCUT2D eigenvalue weighted by Crippen LogP contribution is 2.12. The Morgan fingerprint density at radius 2 is 2.00 bits per heavy atom. The second-order valence-corrected chi connectivity index (χ2v) is 3.88. The highest BCUT2D eigenvalue weighted by Gasteiger charge is 2.34. The third-order valence-corrected chi connectivity index (χ3v) is 2.29. The van der Waals surface area contributed by atoms with Gasteiger partial charge in [-0.2, -0.15) is 0 Å². The predicted octanol–water partition coefficient (Wildman–Crippen LogP) is 2.07. The molecule has 0 rings (SSSR count). The molecule has 0 aromatic carbocycles. The fourth-order valence-corrected chi connectivity index (χ4v) is 1.27. The van der Waals surface area contributed by atoms with Crippen molar-refractivity contribution >= 4 is 5.97 Å². The first-order valence-electron chi connectivity index (χ1n) is 5.43. The molecule has 4 nitrogen and oxygen atoms in total. The molecule has 1 N–H and O–H groups in total. The van der Waals surface area contributed by atoms with E-state index in [0.29, 0.717) is 6.61 Å². The Kier molecular flexibility index (Phi) is 7.34. The summed E-state index contributed by atoms with van der Waals surface area (Å²) in [6.07, 6.45) is 4.31. The lowest BCUT2D eigenvalue weighted by atomic mass is 10.1. The van der Waals surface area contributed by atoms with E-state index >= 15 is 0 Å². The number of hydrogen-bond acceptors (Lipinski definition) is 3. The zero-order valence-corrected chi connectivity index (χ0v) is 9.91. The number of aliphatic carboxylic acids is 1. The molecule has 1 unspecified atom stereocenters. The van der Waals surface area contributed by atoms with Gasteiger partial charge in [-0.05, 0) is 13.3 Å². The van der Waals surface area contributed by atoms with Crippen molar-refractivity contribution in [1.82, 2.24) is 0 Å². The van der Waals surface area contributed by atoms with E-state index in [9.17, 15) is 4.79 Å². The Morgan fingerprint density at radius 3 is 2.47 bits per heavy atom. The second kappa shape index (κ2) is 7.65. The molecule has 1 atom stereocenters. The third kappa shape index (κ3) is 5.74. The van der Waals surface area contributed by atoms with Gasteiger partial charge in [-0.15, -0.1) is 0 Å². The van der Waals surface area contributed by atoms with E-state index in [1.807, 2.05) is 0 Å². The molecule has 0 saturated heterocycles. The van der Waals surface area contributed by atoms with Crippen LogP contribution in [0.2, 0.25) is 0 Å². The Hall–Kier alpha value is -0.610. The summed E-state index contributed by atoms with van der Waals surface area (Å²) in [4.78, 5) is 10.9. The molecule has 0 aliphatic rings. The molecule has 15 heavy (non-hydrogen) atoms. The van der Waals surface area contributed by atoms with E-state index in [1.165, 1.54) is 7.11 Å². The van der Waals surface area contributed by atoms with Gasteiger partial charge < -0.3 is 14.6 Å². The fourth-order valence-electron chi connectivity index (χ4n) is 1.27. The van der Waals surface area contributed by atoms with E-state index in [0.717, 1.165) is 25.7 Å². The number of unbranched alkanes of at least 4 members (excludes halogenated alkanes) is 3. The first kappa shape index (κ1) is 14.4. The minimum atomic E-state index is -1.21. The summed E-state index contributed by atoms with van der Waals surface area (Å²) in [6.45, 7) is 4.23. The van der Waals surface area contributed by atoms with Crippen molar-refractivity contribution in [3.63, 3.8) is 0 Å². The van der Waals surface area contributed by atoms with E-state index < -0.39 is 11.6 Å². The highest BCUT2D eigenvalue weighted by atomic mass is 16.6. The van der Waals surface area contributed by atoms with Crippen molar-refractivity contribution in [2.75, 3.05) is 20.3 Å². The van der Waals surface area contributed by atoms with Crippen LogP contribution in [0.15, 0.2) is 0 Å². The molecule has 0 aliphatic carbocycles. The maximum atomic E-state index is 10.9. The molecule has 0 fully saturated rings. The molecule has 0 radical (unpaired) electrons. The van der Waals surface area contributed by atoms with E-state index in [2.05, 4.69) is 6.92 Å². The molecule has 0 aliphatic heterocycles. The molecule has 0 spiro atoms. The topological polar surface area (TPSA) is 55.8 Å². The molecular formula is C11H22O4.